The molecule has 4 rings (SSSR count). The molecule has 9 nitrogen and oxygen atoms in total. The lowest BCUT2D eigenvalue weighted by atomic mass is 10.2. The van der Waals surface area contributed by atoms with Gasteiger partial charge in [0.15, 0.2) is 16.6 Å². The fraction of sp³-hybridized carbons (Fsp3) is 0.312. The highest BCUT2D eigenvalue weighted by Crippen LogP contribution is 2.32. The molecule has 0 radical (unpaired) electrons. The first-order valence-corrected chi connectivity index (χ1v) is 9.95. The number of anilines is 1. The van der Waals surface area contributed by atoms with E-state index in [4.69, 9.17) is 9.47 Å². The number of benzene rings is 1. The number of aryl methyl sites for hydroxylation is 2. The molecular weight excluding hydrogens is 388 g/mol. The summed E-state index contributed by atoms with van der Waals surface area (Å²) < 4.78 is 12.7. The standard InChI is InChI=1S/C16H16N6O3S2/c1-9-10(2)27-15(17-9)18-14(23)8-26-16-19-20-21-22(16)11-3-4-12-13(7-11)25-6-5-24-12/h3-4,7H,5-6,8H2,1-2H3,(H,17,18,23). The second-order valence-corrected chi connectivity index (χ2v) is 7.84. The number of hydrogen-bond acceptors (Lipinski definition) is 9. The van der Waals surface area contributed by atoms with Crippen LogP contribution >= 0.6 is 23.1 Å². The van der Waals surface area contributed by atoms with Crippen molar-refractivity contribution in [1.29, 1.82) is 0 Å². The Balaban J connectivity index is 1.44. The number of aromatic nitrogens is 5. The number of tetrazole rings is 1. The summed E-state index contributed by atoms with van der Waals surface area (Å²) in [5.74, 6) is 1.35. The second-order valence-electron chi connectivity index (χ2n) is 5.70. The number of fused-ring (bicyclic) bond motifs is 1. The van der Waals surface area contributed by atoms with Crippen LogP contribution in [0, 0.1) is 13.8 Å². The quantitative estimate of drug-likeness (QED) is 0.646. The molecule has 0 aliphatic carbocycles. The maximum atomic E-state index is 12.2. The van der Waals surface area contributed by atoms with Gasteiger partial charge in [0.05, 0.1) is 17.1 Å². The fourth-order valence-corrected chi connectivity index (χ4v) is 3.93. The Morgan fingerprint density at radius 1 is 1.30 bits per heavy atom. The summed E-state index contributed by atoms with van der Waals surface area (Å²) in [6.45, 7) is 4.92. The Hall–Kier alpha value is -2.66. The monoisotopic (exact) mass is 404 g/mol. The molecule has 3 heterocycles. The molecule has 1 aliphatic rings. The SMILES string of the molecule is Cc1nc(NC(=O)CSc2nnnn2-c2ccc3c(c2)OCCO3)sc1C. The summed E-state index contributed by atoms with van der Waals surface area (Å²) in [5.41, 5.74) is 1.66. The van der Waals surface area contributed by atoms with Crippen LogP contribution in [0.5, 0.6) is 11.5 Å². The van der Waals surface area contributed by atoms with Crippen LogP contribution in [0.15, 0.2) is 23.4 Å². The van der Waals surface area contributed by atoms with E-state index in [2.05, 4.69) is 25.8 Å². The third-order valence-electron chi connectivity index (χ3n) is 3.82. The molecule has 27 heavy (non-hydrogen) atoms. The first kappa shape index (κ1) is 17.7. The normalized spacial score (nSPS) is 12.8. The van der Waals surface area contributed by atoms with Gasteiger partial charge in [0, 0.05) is 10.9 Å². The molecule has 140 valence electrons. The number of thioether (sulfide) groups is 1. The van der Waals surface area contributed by atoms with Gasteiger partial charge in [0.1, 0.15) is 13.2 Å². The maximum absolute atomic E-state index is 12.2. The zero-order chi connectivity index (χ0) is 18.8. The lowest BCUT2D eigenvalue weighted by Gasteiger charge is -2.18. The lowest BCUT2D eigenvalue weighted by Crippen LogP contribution is -2.16. The minimum Gasteiger partial charge on any atom is -0.486 e. The van der Waals surface area contributed by atoms with E-state index in [1.54, 1.807) is 4.68 Å². The van der Waals surface area contributed by atoms with E-state index < -0.39 is 0 Å². The number of carbonyl (C=O) groups is 1. The molecule has 1 N–H and O–H groups in total. The van der Waals surface area contributed by atoms with Gasteiger partial charge in [0.25, 0.3) is 0 Å². The van der Waals surface area contributed by atoms with Crippen LogP contribution in [-0.4, -0.2) is 50.1 Å². The highest BCUT2D eigenvalue weighted by atomic mass is 32.2. The molecule has 0 atom stereocenters. The van der Waals surface area contributed by atoms with Crippen LogP contribution < -0.4 is 14.8 Å². The number of ether oxygens (including phenoxy) is 2. The van der Waals surface area contributed by atoms with E-state index in [1.165, 1.54) is 23.1 Å². The predicted octanol–water partition coefficient (Wildman–Crippen LogP) is 2.24. The molecule has 0 saturated heterocycles. The predicted molar refractivity (Wildman–Crippen MR) is 101 cm³/mol. The van der Waals surface area contributed by atoms with Gasteiger partial charge < -0.3 is 14.8 Å². The van der Waals surface area contributed by atoms with Crippen molar-refractivity contribution in [1.82, 2.24) is 25.2 Å². The van der Waals surface area contributed by atoms with Crippen molar-refractivity contribution in [2.75, 3.05) is 24.3 Å². The zero-order valence-electron chi connectivity index (χ0n) is 14.6. The van der Waals surface area contributed by atoms with Crippen molar-refractivity contribution in [2.45, 2.75) is 19.0 Å². The molecule has 1 aliphatic heterocycles. The fourth-order valence-electron chi connectivity index (χ4n) is 2.41. The molecule has 1 amide bonds. The van der Waals surface area contributed by atoms with Crippen LogP contribution in [0.2, 0.25) is 0 Å². The van der Waals surface area contributed by atoms with E-state index in [-0.39, 0.29) is 11.7 Å². The molecule has 2 aromatic heterocycles. The van der Waals surface area contributed by atoms with Crippen LogP contribution in [0.4, 0.5) is 5.13 Å². The largest absolute Gasteiger partial charge is 0.486 e. The van der Waals surface area contributed by atoms with Gasteiger partial charge in [-0.25, -0.2) is 4.98 Å². The Morgan fingerprint density at radius 3 is 2.89 bits per heavy atom. The van der Waals surface area contributed by atoms with Gasteiger partial charge >= 0.3 is 0 Å². The third kappa shape index (κ3) is 3.88. The molecule has 0 spiro atoms. The second kappa shape index (κ2) is 7.53. The van der Waals surface area contributed by atoms with Crippen LogP contribution in [0.1, 0.15) is 10.6 Å². The van der Waals surface area contributed by atoms with Crippen molar-refractivity contribution in [3.05, 3.63) is 28.8 Å². The van der Waals surface area contributed by atoms with E-state index >= 15 is 0 Å². The molecule has 11 heteroatoms. The number of thiazole rings is 1. The number of hydrogen-bond donors (Lipinski definition) is 1. The highest BCUT2D eigenvalue weighted by Gasteiger charge is 2.17. The summed E-state index contributed by atoms with van der Waals surface area (Å²) >= 11 is 2.70. The summed E-state index contributed by atoms with van der Waals surface area (Å²) in [7, 11) is 0. The summed E-state index contributed by atoms with van der Waals surface area (Å²) in [5, 5.41) is 15.6. The first-order valence-electron chi connectivity index (χ1n) is 8.15. The average Bonchev–Trinajstić information content (AvgIpc) is 3.26. The smallest absolute Gasteiger partial charge is 0.236 e. The van der Waals surface area contributed by atoms with Crippen molar-refractivity contribution in [3.8, 4) is 17.2 Å². The highest BCUT2D eigenvalue weighted by molar-refractivity contribution is 7.99. The summed E-state index contributed by atoms with van der Waals surface area (Å²) in [4.78, 5) is 17.6. The van der Waals surface area contributed by atoms with E-state index in [0.29, 0.717) is 35.0 Å². The molecule has 0 bridgehead atoms. The Labute approximate surface area is 163 Å². The number of nitrogens with zero attached hydrogens (tertiary/aromatic N) is 5. The first-order chi connectivity index (χ1) is 13.1. The van der Waals surface area contributed by atoms with Gasteiger partial charge in [-0.1, -0.05) is 11.8 Å². The van der Waals surface area contributed by atoms with Crippen LogP contribution in [0.3, 0.4) is 0 Å². The Morgan fingerprint density at radius 2 is 2.11 bits per heavy atom. The van der Waals surface area contributed by atoms with E-state index in [0.717, 1.165) is 16.3 Å². The number of carbonyl (C=O) groups excluding carboxylic acids is 1. The average molecular weight is 404 g/mol. The van der Waals surface area contributed by atoms with Gasteiger partial charge in [-0.15, -0.1) is 16.4 Å². The number of amides is 1. The molecule has 1 aromatic carbocycles. The van der Waals surface area contributed by atoms with E-state index in [1.807, 2.05) is 32.0 Å². The number of nitrogens with one attached hydrogen (secondary N) is 1. The van der Waals surface area contributed by atoms with Crippen LogP contribution in [0.25, 0.3) is 5.69 Å². The van der Waals surface area contributed by atoms with Gasteiger partial charge in [-0.3, -0.25) is 4.79 Å². The van der Waals surface area contributed by atoms with Crippen molar-refractivity contribution < 1.29 is 14.3 Å². The summed E-state index contributed by atoms with van der Waals surface area (Å²) in [6, 6.07) is 5.48. The van der Waals surface area contributed by atoms with Gasteiger partial charge in [-0.05, 0) is 36.4 Å². The maximum Gasteiger partial charge on any atom is 0.236 e. The summed E-state index contributed by atoms with van der Waals surface area (Å²) in [6.07, 6.45) is 0. The van der Waals surface area contributed by atoms with Crippen LogP contribution in [-0.2, 0) is 4.79 Å². The van der Waals surface area contributed by atoms with Gasteiger partial charge in [0.2, 0.25) is 11.1 Å². The van der Waals surface area contributed by atoms with Crippen molar-refractivity contribution in [3.63, 3.8) is 0 Å². The van der Waals surface area contributed by atoms with E-state index in [9.17, 15) is 4.79 Å². The Bertz CT molecular complexity index is 967. The minimum absolute atomic E-state index is 0.162. The molecule has 0 saturated carbocycles. The Kier molecular flexibility index (Phi) is 4.94. The molecular formula is C16H16N6O3S2. The zero-order valence-corrected chi connectivity index (χ0v) is 16.3. The lowest BCUT2D eigenvalue weighted by molar-refractivity contribution is -0.113. The molecule has 0 unspecified atom stereocenters. The van der Waals surface area contributed by atoms with Crippen molar-refractivity contribution in [2.24, 2.45) is 0 Å². The topological polar surface area (TPSA) is 104 Å². The molecule has 0 fully saturated rings. The molecule has 3 aromatic rings. The van der Waals surface area contributed by atoms with Crippen molar-refractivity contribution >= 4 is 34.1 Å². The minimum atomic E-state index is -0.162. The third-order valence-corrected chi connectivity index (χ3v) is 5.73. The van der Waals surface area contributed by atoms with Gasteiger partial charge in [-0.2, -0.15) is 4.68 Å². The number of rotatable bonds is 5.